The van der Waals surface area contributed by atoms with E-state index in [4.69, 9.17) is 0 Å². The Hall–Kier alpha value is -1.68. The van der Waals surface area contributed by atoms with Crippen LogP contribution in [0.2, 0.25) is 0 Å². The molecule has 0 aliphatic heterocycles. The molecule has 110 valence electrons. The van der Waals surface area contributed by atoms with Gasteiger partial charge >= 0.3 is 0 Å². The van der Waals surface area contributed by atoms with Gasteiger partial charge in [0.15, 0.2) is 0 Å². The minimum Gasteiger partial charge on any atom is -0.391 e. The Morgan fingerprint density at radius 2 is 1.95 bits per heavy atom. The number of Topliss-reactive ketones (excluding diaryl/α,β-unsaturated/α-hetero) is 1. The van der Waals surface area contributed by atoms with E-state index in [1.807, 2.05) is 37.3 Å². The maximum Gasteiger partial charge on any atom is 0.227 e. The van der Waals surface area contributed by atoms with Crippen molar-refractivity contribution in [2.75, 3.05) is 6.54 Å². The predicted molar refractivity (Wildman–Crippen MR) is 78.3 cm³/mol. The standard InChI is InChI=1S/C16H23NO3/c1-2-3-9-14(18)12-17-16(20)11-15(19)10-13-7-5-4-6-8-13/h4-8,14,18H,2-3,9-12H2,1H3,(H,17,20). The molecule has 4 heteroatoms. The maximum atomic E-state index is 11.7. The fourth-order valence-electron chi connectivity index (χ4n) is 1.90. The van der Waals surface area contributed by atoms with Crippen molar-refractivity contribution in [1.82, 2.24) is 5.32 Å². The molecule has 4 nitrogen and oxygen atoms in total. The van der Waals surface area contributed by atoms with Gasteiger partial charge in [0.05, 0.1) is 12.5 Å². The normalized spacial score (nSPS) is 11.9. The van der Waals surface area contributed by atoms with Crippen LogP contribution in [-0.4, -0.2) is 29.4 Å². The van der Waals surface area contributed by atoms with Gasteiger partial charge in [-0.2, -0.15) is 0 Å². The van der Waals surface area contributed by atoms with Crippen LogP contribution in [0.1, 0.15) is 38.2 Å². The number of amides is 1. The van der Waals surface area contributed by atoms with Crippen LogP contribution in [-0.2, 0) is 16.0 Å². The van der Waals surface area contributed by atoms with Crippen molar-refractivity contribution in [3.63, 3.8) is 0 Å². The smallest absolute Gasteiger partial charge is 0.227 e. The van der Waals surface area contributed by atoms with E-state index >= 15 is 0 Å². The molecular weight excluding hydrogens is 254 g/mol. The van der Waals surface area contributed by atoms with Gasteiger partial charge in [-0.1, -0.05) is 50.1 Å². The summed E-state index contributed by atoms with van der Waals surface area (Å²) in [7, 11) is 0. The maximum absolute atomic E-state index is 11.7. The first-order chi connectivity index (χ1) is 9.61. The lowest BCUT2D eigenvalue weighted by Crippen LogP contribution is -2.33. The van der Waals surface area contributed by atoms with Gasteiger partial charge in [0.2, 0.25) is 5.91 Å². The van der Waals surface area contributed by atoms with Crippen molar-refractivity contribution in [1.29, 1.82) is 0 Å². The summed E-state index contributed by atoms with van der Waals surface area (Å²) in [6.45, 7) is 2.27. The van der Waals surface area contributed by atoms with Crippen LogP contribution in [0, 0.1) is 0 Å². The number of nitrogens with one attached hydrogen (secondary N) is 1. The van der Waals surface area contributed by atoms with E-state index in [-0.39, 0.29) is 31.1 Å². The molecule has 0 aliphatic carbocycles. The van der Waals surface area contributed by atoms with Crippen LogP contribution >= 0.6 is 0 Å². The molecule has 0 spiro atoms. The molecule has 1 atom stereocenters. The van der Waals surface area contributed by atoms with Crippen molar-refractivity contribution < 1.29 is 14.7 Å². The number of benzene rings is 1. The molecule has 2 N–H and O–H groups in total. The highest BCUT2D eigenvalue weighted by Crippen LogP contribution is 2.02. The van der Waals surface area contributed by atoms with Crippen molar-refractivity contribution in [2.45, 2.75) is 45.1 Å². The Morgan fingerprint density at radius 3 is 2.60 bits per heavy atom. The van der Waals surface area contributed by atoms with E-state index in [2.05, 4.69) is 5.32 Å². The summed E-state index contributed by atoms with van der Waals surface area (Å²) in [6.07, 6.45) is 2.24. The Morgan fingerprint density at radius 1 is 1.25 bits per heavy atom. The SMILES string of the molecule is CCCCC(O)CNC(=O)CC(=O)Cc1ccccc1. The molecule has 1 rings (SSSR count). The van der Waals surface area contributed by atoms with Gasteiger partial charge in [-0.3, -0.25) is 9.59 Å². The van der Waals surface area contributed by atoms with Crippen molar-refractivity contribution >= 4 is 11.7 Å². The Kier molecular flexibility index (Phi) is 7.58. The molecule has 1 unspecified atom stereocenters. The molecule has 1 aromatic rings. The number of ketones is 1. The number of carbonyl (C=O) groups is 2. The summed E-state index contributed by atoms with van der Waals surface area (Å²) in [5.41, 5.74) is 0.910. The lowest BCUT2D eigenvalue weighted by atomic mass is 10.1. The van der Waals surface area contributed by atoms with Crippen molar-refractivity contribution in [2.24, 2.45) is 0 Å². The number of unbranched alkanes of at least 4 members (excludes halogenated alkanes) is 1. The largest absolute Gasteiger partial charge is 0.391 e. The molecule has 0 saturated carbocycles. The van der Waals surface area contributed by atoms with Gasteiger partial charge in [0, 0.05) is 13.0 Å². The summed E-state index contributed by atoms with van der Waals surface area (Å²) in [6, 6.07) is 9.35. The molecule has 0 aliphatic rings. The second-order valence-corrected chi connectivity index (χ2v) is 4.98. The van der Waals surface area contributed by atoms with Gasteiger partial charge in [-0.05, 0) is 12.0 Å². The Labute approximate surface area is 120 Å². The van der Waals surface area contributed by atoms with Gasteiger partial charge in [0.25, 0.3) is 0 Å². The lowest BCUT2D eigenvalue weighted by Gasteiger charge is -2.11. The molecule has 1 aromatic carbocycles. The number of aliphatic hydroxyl groups is 1. The Balaban J connectivity index is 2.23. The van der Waals surface area contributed by atoms with E-state index in [1.165, 1.54) is 0 Å². The molecule has 20 heavy (non-hydrogen) atoms. The topological polar surface area (TPSA) is 66.4 Å². The average molecular weight is 277 g/mol. The molecular formula is C16H23NO3. The van der Waals surface area contributed by atoms with Crippen LogP contribution in [0.4, 0.5) is 0 Å². The minimum absolute atomic E-state index is 0.114. The number of rotatable bonds is 9. The van der Waals surface area contributed by atoms with Crippen molar-refractivity contribution in [3.05, 3.63) is 35.9 Å². The summed E-state index contributed by atoms with van der Waals surface area (Å²) < 4.78 is 0. The predicted octanol–water partition coefficient (Wildman–Crippen LogP) is 1.86. The average Bonchev–Trinajstić information content (AvgIpc) is 2.43. The minimum atomic E-state index is -0.525. The number of carbonyl (C=O) groups excluding carboxylic acids is 2. The summed E-state index contributed by atoms with van der Waals surface area (Å²) in [5.74, 6) is -0.432. The molecule has 1 amide bonds. The highest BCUT2D eigenvalue weighted by Gasteiger charge is 2.11. The zero-order chi connectivity index (χ0) is 14.8. The number of hydrogen-bond donors (Lipinski definition) is 2. The molecule has 0 heterocycles. The molecule has 0 fully saturated rings. The summed E-state index contributed by atoms with van der Waals surface area (Å²) >= 11 is 0. The summed E-state index contributed by atoms with van der Waals surface area (Å²) in [5, 5.41) is 12.2. The van der Waals surface area contributed by atoms with Gasteiger partial charge < -0.3 is 10.4 Å². The highest BCUT2D eigenvalue weighted by atomic mass is 16.3. The van der Waals surface area contributed by atoms with E-state index in [1.54, 1.807) is 0 Å². The number of aliphatic hydroxyl groups excluding tert-OH is 1. The first kappa shape index (κ1) is 16.4. The molecule has 0 saturated heterocycles. The van der Waals surface area contributed by atoms with Crippen LogP contribution in [0.3, 0.4) is 0 Å². The van der Waals surface area contributed by atoms with Crippen molar-refractivity contribution in [3.8, 4) is 0 Å². The second-order valence-electron chi connectivity index (χ2n) is 4.98. The quantitative estimate of drug-likeness (QED) is 0.677. The third-order valence-corrected chi connectivity index (χ3v) is 3.03. The fraction of sp³-hybridized carbons (Fsp3) is 0.500. The van der Waals surface area contributed by atoms with Crippen LogP contribution in [0.25, 0.3) is 0 Å². The van der Waals surface area contributed by atoms with Crippen LogP contribution in [0.15, 0.2) is 30.3 Å². The fourth-order valence-corrected chi connectivity index (χ4v) is 1.90. The molecule has 0 bridgehead atoms. The second kappa shape index (κ2) is 9.26. The third-order valence-electron chi connectivity index (χ3n) is 3.03. The van der Waals surface area contributed by atoms with Crippen LogP contribution < -0.4 is 5.32 Å². The summed E-state index contributed by atoms with van der Waals surface area (Å²) in [4.78, 5) is 23.3. The van der Waals surface area contributed by atoms with Gasteiger partial charge in [0.1, 0.15) is 5.78 Å². The molecule has 0 radical (unpaired) electrons. The third kappa shape index (κ3) is 7.04. The van der Waals surface area contributed by atoms with E-state index in [0.29, 0.717) is 6.42 Å². The van der Waals surface area contributed by atoms with E-state index in [9.17, 15) is 14.7 Å². The highest BCUT2D eigenvalue weighted by molar-refractivity contribution is 5.98. The first-order valence-corrected chi connectivity index (χ1v) is 7.12. The first-order valence-electron chi connectivity index (χ1n) is 7.12. The van der Waals surface area contributed by atoms with E-state index < -0.39 is 6.10 Å². The van der Waals surface area contributed by atoms with E-state index in [0.717, 1.165) is 18.4 Å². The monoisotopic (exact) mass is 277 g/mol. The number of hydrogen-bond acceptors (Lipinski definition) is 3. The molecule has 0 aromatic heterocycles. The zero-order valence-electron chi connectivity index (χ0n) is 12.0. The van der Waals surface area contributed by atoms with Gasteiger partial charge in [-0.25, -0.2) is 0 Å². The van der Waals surface area contributed by atoms with Gasteiger partial charge in [-0.15, -0.1) is 0 Å². The zero-order valence-corrected chi connectivity index (χ0v) is 12.0. The Bertz CT molecular complexity index is 417. The van der Waals surface area contributed by atoms with Crippen LogP contribution in [0.5, 0.6) is 0 Å². The lowest BCUT2D eigenvalue weighted by molar-refractivity contribution is -0.128.